The number of hydrogen-bond donors (Lipinski definition) is 1. The van der Waals surface area contributed by atoms with E-state index in [-0.39, 0.29) is 0 Å². The SMILES string of the molecule is CC1(C)CC1(CN)C1CC2CCC1O2. The van der Waals surface area contributed by atoms with Gasteiger partial charge < -0.3 is 10.5 Å². The molecule has 2 nitrogen and oxygen atoms in total. The van der Waals surface area contributed by atoms with E-state index in [0.29, 0.717) is 23.0 Å². The van der Waals surface area contributed by atoms with Crippen LogP contribution in [0.15, 0.2) is 0 Å². The lowest BCUT2D eigenvalue weighted by atomic mass is 9.74. The fourth-order valence-corrected chi connectivity index (χ4v) is 4.10. The normalized spacial score (nSPS) is 53.8. The standard InChI is InChI=1S/C12H21NO/c1-11(2)6-12(11,7-13)9-5-8-3-4-10(9)14-8/h8-10H,3-7,13H2,1-2H3. The Bertz CT molecular complexity index is 263. The average Bonchev–Trinajstić information content (AvgIpc) is 2.62. The first-order chi connectivity index (χ1) is 6.59. The number of hydrogen-bond acceptors (Lipinski definition) is 2. The van der Waals surface area contributed by atoms with Crippen LogP contribution in [0.1, 0.15) is 39.5 Å². The quantitative estimate of drug-likeness (QED) is 0.730. The molecule has 0 aromatic rings. The molecule has 2 N–H and O–H groups in total. The summed E-state index contributed by atoms with van der Waals surface area (Å²) >= 11 is 0. The summed E-state index contributed by atoms with van der Waals surface area (Å²) in [4.78, 5) is 0. The van der Waals surface area contributed by atoms with E-state index in [0.717, 1.165) is 12.5 Å². The fourth-order valence-electron chi connectivity index (χ4n) is 4.10. The van der Waals surface area contributed by atoms with Crippen molar-refractivity contribution < 1.29 is 4.74 Å². The summed E-state index contributed by atoms with van der Waals surface area (Å²) in [6.07, 6.45) is 6.30. The Hall–Kier alpha value is -0.0800. The largest absolute Gasteiger partial charge is 0.375 e. The van der Waals surface area contributed by atoms with Crippen LogP contribution in [-0.4, -0.2) is 18.8 Å². The minimum atomic E-state index is 0.423. The van der Waals surface area contributed by atoms with Gasteiger partial charge in [-0.25, -0.2) is 0 Å². The van der Waals surface area contributed by atoms with Crippen LogP contribution >= 0.6 is 0 Å². The zero-order valence-electron chi connectivity index (χ0n) is 9.25. The second-order valence-electron chi connectivity index (χ2n) is 6.14. The lowest BCUT2D eigenvalue weighted by Gasteiger charge is -2.30. The predicted molar refractivity (Wildman–Crippen MR) is 55.9 cm³/mol. The summed E-state index contributed by atoms with van der Waals surface area (Å²) in [6, 6.07) is 0. The van der Waals surface area contributed by atoms with Crippen molar-refractivity contribution in [2.45, 2.75) is 51.7 Å². The molecule has 2 aliphatic heterocycles. The molecular formula is C12H21NO. The van der Waals surface area contributed by atoms with Gasteiger partial charge in [-0.3, -0.25) is 0 Å². The average molecular weight is 195 g/mol. The first-order valence-electron chi connectivity index (χ1n) is 5.95. The topological polar surface area (TPSA) is 35.2 Å². The van der Waals surface area contributed by atoms with Crippen LogP contribution in [0.25, 0.3) is 0 Å². The van der Waals surface area contributed by atoms with Gasteiger partial charge in [0.1, 0.15) is 0 Å². The Morgan fingerprint density at radius 3 is 2.43 bits per heavy atom. The van der Waals surface area contributed by atoms with Gasteiger partial charge in [0.2, 0.25) is 0 Å². The zero-order valence-corrected chi connectivity index (χ0v) is 9.25. The molecule has 0 aromatic carbocycles. The Morgan fingerprint density at radius 2 is 2.07 bits per heavy atom. The molecule has 4 atom stereocenters. The maximum Gasteiger partial charge on any atom is 0.0614 e. The molecule has 80 valence electrons. The second kappa shape index (κ2) is 2.53. The molecule has 0 spiro atoms. The summed E-state index contributed by atoms with van der Waals surface area (Å²) in [5.41, 5.74) is 6.90. The fraction of sp³-hybridized carbons (Fsp3) is 1.00. The summed E-state index contributed by atoms with van der Waals surface area (Å²) in [7, 11) is 0. The van der Waals surface area contributed by atoms with Gasteiger partial charge in [-0.15, -0.1) is 0 Å². The third-order valence-electron chi connectivity index (χ3n) is 5.16. The van der Waals surface area contributed by atoms with E-state index in [1.807, 2.05) is 0 Å². The Balaban J connectivity index is 1.83. The minimum Gasteiger partial charge on any atom is -0.375 e. The van der Waals surface area contributed by atoms with Gasteiger partial charge in [-0.05, 0) is 49.0 Å². The molecule has 4 unspecified atom stereocenters. The summed E-state index contributed by atoms with van der Waals surface area (Å²) < 4.78 is 5.95. The van der Waals surface area contributed by atoms with E-state index in [9.17, 15) is 0 Å². The molecule has 2 saturated heterocycles. The van der Waals surface area contributed by atoms with Crippen LogP contribution < -0.4 is 5.73 Å². The van der Waals surface area contributed by atoms with E-state index in [1.165, 1.54) is 25.7 Å². The van der Waals surface area contributed by atoms with Crippen molar-refractivity contribution in [3.05, 3.63) is 0 Å². The predicted octanol–water partition coefficient (Wildman–Crippen LogP) is 1.93. The second-order valence-corrected chi connectivity index (χ2v) is 6.14. The van der Waals surface area contributed by atoms with Crippen molar-refractivity contribution in [1.29, 1.82) is 0 Å². The van der Waals surface area contributed by atoms with Crippen molar-refractivity contribution in [2.24, 2.45) is 22.5 Å². The van der Waals surface area contributed by atoms with E-state index < -0.39 is 0 Å². The van der Waals surface area contributed by atoms with Crippen LogP contribution in [0.4, 0.5) is 0 Å². The molecule has 0 radical (unpaired) electrons. The van der Waals surface area contributed by atoms with Gasteiger partial charge in [0.05, 0.1) is 12.2 Å². The molecular weight excluding hydrogens is 174 g/mol. The molecule has 2 heterocycles. The van der Waals surface area contributed by atoms with Crippen molar-refractivity contribution in [2.75, 3.05) is 6.54 Å². The smallest absolute Gasteiger partial charge is 0.0614 e. The monoisotopic (exact) mass is 195 g/mol. The highest BCUT2D eigenvalue weighted by Crippen LogP contribution is 2.70. The number of nitrogens with two attached hydrogens (primary N) is 1. The van der Waals surface area contributed by atoms with Crippen LogP contribution in [-0.2, 0) is 4.74 Å². The third kappa shape index (κ3) is 0.938. The van der Waals surface area contributed by atoms with Gasteiger partial charge in [0.15, 0.2) is 0 Å². The molecule has 3 aliphatic rings. The van der Waals surface area contributed by atoms with Crippen molar-refractivity contribution in [3.8, 4) is 0 Å². The minimum absolute atomic E-state index is 0.423. The van der Waals surface area contributed by atoms with E-state index in [1.54, 1.807) is 0 Å². The molecule has 2 heteroatoms. The number of fused-ring (bicyclic) bond motifs is 2. The van der Waals surface area contributed by atoms with Crippen LogP contribution in [0.5, 0.6) is 0 Å². The first-order valence-corrected chi connectivity index (χ1v) is 5.95. The van der Waals surface area contributed by atoms with E-state index in [2.05, 4.69) is 13.8 Å². The summed E-state index contributed by atoms with van der Waals surface area (Å²) in [5.74, 6) is 0.765. The van der Waals surface area contributed by atoms with Crippen molar-refractivity contribution >= 4 is 0 Å². The Morgan fingerprint density at radius 1 is 1.36 bits per heavy atom. The zero-order chi connectivity index (χ0) is 9.97. The van der Waals surface area contributed by atoms with Gasteiger partial charge in [-0.1, -0.05) is 13.8 Å². The third-order valence-corrected chi connectivity index (χ3v) is 5.16. The van der Waals surface area contributed by atoms with Gasteiger partial charge in [0.25, 0.3) is 0 Å². The van der Waals surface area contributed by atoms with E-state index >= 15 is 0 Å². The van der Waals surface area contributed by atoms with E-state index in [4.69, 9.17) is 10.5 Å². The Kier molecular flexibility index (Phi) is 1.66. The highest BCUT2D eigenvalue weighted by Gasteiger charge is 2.67. The lowest BCUT2D eigenvalue weighted by Crippen LogP contribution is -2.35. The van der Waals surface area contributed by atoms with Gasteiger partial charge >= 0.3 is 0 Å². The molecule has 3 rings (SSSR count). The lowest BCUT2D eigenvalue weighted by molar-refractivity contribution is 0.0725. The van der Waals surface area contributed by atoms with Crippen molar-refractivity contribution in [3.63, 3.8) is 0 Å². The molecule has 1 saturated carbocycles. The highest BCUT2D eigenvalue weighted by atomic mass is 16.5. The molecule has 1 aliphatic carbocycles. The molecule has 2 bridgehead atoms. The molecule has 0 aromatic heterocycles. The van der Waals surface area contributed by atoms with Crippen LogP contribution in [0.2, 0.25) is 0 Å². The van der Waals surface area contributed by atoms with Crippen LogP contribution in [0.3, 0.4) is 0 Å². The van der Waals surface area contributed by atoms with Gasteiger partial charge in [-0.2, -0.15) is 0 Å². The highest BCUT2D eigenvalue weighted by molar-refractivity contribution is 5.17. The first kappa shape index (κ1) is 9.17. The summed E-state index contributed by atoms with van der Waals surface area (Å²) in [5, 5.41) is 0. The van der Waals surface area contributed by atoms with Gasteiger partial charge in [0, 0.05) is 0 Å². The maximum absolute atomic E-state index is 6.00. The molecule has 14 heavy (non-hydrogen) atoms. The molecule has 3 fully saturated rings. The molecule has 0 amide bonds. The van der Waals surface area contributed by atoms with Crippen LogP contribution in [0, 0.1) is 16.7 Å². The number of ether oxygens (including phenoxy) is 1. The Labute approximate surface area is 86.2 Å². The number of rotatable bonds is 2. The maximum atomic E-state index is 6.00. The summed E-state index contributed by atoms with van der Waals surface area (Å²) in [6.45, 7) is 5.59. The van der Waals surface area contributed by atoms with Crippen molar-refractivity contribution in [1.82, 2.24) is 0 Å².